The minimum Gasteiger partial charge on any atom is -0.381 e. The maximum absolute atomic E-state index is 12.4. The van der Waals surface area contributed by atoms with E-state index in [1.54, 1.807) is 0 Å². The zero-order valence-corrected chi connectivity index (χ0v) is 17.0. The van der Waals surface area contributed by atoms with E-state index in [9.17, 15) is 4.79 Å². The van der Waals surface area contributed by atoms with E-state index in [4.69, 9.17) is 10.5 Å². The molecule has 1 aromatic carbocycles. The largest absolute Gasteiger partial charge is 0.381 e. The van der Waals surface area contributed by atoms with Crippen LogP contribution in [-0.2, 0) is 16.1 Å². The molecule has 2 heterocycles. The fraction of sp³-hybridized carbons (Fsp3) is 0.632. The standard InChI is InChI=1S/C19H29N3O2.2ClH/c1-15-6-10-22(11-7-15)14-16-2-4-17(5-3-16)21-18(23)19(20)8-12-24-13-9-19;;/h2-5,15H,6-14,20H2,1H3,(H,21,23);2*1H. The predicted octanol–water partition coefficient (Wildman–Crippen LogP) is 3.21. The van der Waals surface area contributed by atoms with Crippen molar-refractivity contribution in [3.8, 4) is 0 Å². The van der Waals surface area contributed by atoms with Crippen LogP contribution in [0.2, 0.25) is 0 Å². The first-order chi connectivity index (χ1) is 11.5. The summed E-state index contributed by atoms with van der Waals surface area (Å²) in [5.74, 6) is 0.746. The number of amides is 1. The number of likely N-dealkylation sites (tertiary alicyclic amines) is 1. The number of benzene rings is 1. The molecule has 1 aromatic rings. The number of nitrogens with zero attached hydrogens (tertiary/aromatic N) is 1. The number of anilines is 1. The van der Waals surface area contributed by atoms with Crippen molar-refractivity contribution in [1.29, 1.82) is 0 Å². The van der Waals surface area contributed by atoms with Crippen LogP contribution >= 0.6 is 24.8 Å². The highest BCUT2D eigenvalue weighted by Crippen LogP contribution is 2.22. The molecule has 2 saturated heterocycles. The lowest BCUT2D eigenvalue weighted by molar-refractivity contribution is -0.124. The highest BCUT2D eigenvalue weighted by Gasteiger charge is 2.35. The molecular weight excluding hydrogens is 373 g/mol. The first-order valence-electron chi connectivity index (χ1n) is 9.04. The van der Waals surface area contributed by atoms with Gasteiger partial charge in [-0.25, -0.2) is 0 Å². The molecule has 0 saturated carbocycles. The van der Waals surface area contributed by atoms with Gasteiger partial charge >= 0.3 is 0 Å². The zero-order chi connectivity index (χ0) is 17.0. The summed E-state index contributed by atoms with van der Waals surface area (Å²) in [6.45, 7) is 6.78. The predicted molar refractivity (Wildman–Crippen MR) is 110 cm³/mol. The third kappa shape index (κ3) is 6.10. The maximum Gasteiger partial charge on any atom is 0.244 e. The van der Waals surface area contributed by atoms with Crippen LogP contribution in [0.1, 0.15) is 38.2 Å². The quantitative estimate of drug-likeness (QED) is 0.809. The highest BCUT2D eigenvalue weighted by atomic mass is 35.5. The Morgan fingerprint density at radius 2 is 1.77 bits per heavy atom. The number of ether oxygens (including phenoxy) is 1. The van der Waals surface area contributed by atoms with Crippen molar-refractivity contribution in [2.45, 2.75) is 44.7 Å². The Morgan fingerprint density at radius 3 is 2.35 bits per heavy atom. The van der Waals surface area contributed by atoms with Crippen LogP contribution in [0.4, 0.5) is 5.69 Å². The van der Waals surface area contributed by atoms with E-state index in [0.29, 0.717) is 26.1 Å². The average Bonchev–Trinajstić information content (AvgIpc) is 2.59. The molecule has 0 aromatic heterocycles. The lowest BCUT2D eigenvalue weighted by Crippen LogP contribution is -2.54. The summed E-state index contributed by atoms with van der Waals surface area (Å²) in [6, 6.07) is 8.15. The minimum absolute atomic E-state index is 0. The number of piperidine rings is 1. The van der Waals surface area contributed by atoms with Gasteiger partial charge in [0.1, 0.15) is 5.54 Å². The van der Waals surface area contributed by atoms with Gasteiger partial charge in [0, 0.05) is 25.4 Å². The van der Waals surface area contributed by atoms with Gasteiger partial charge in [0.25, 0.3) is 0 Å². The van der Waals surface area contributed by atoms with Crippen molar-refractivity contribution in [3.63, 3.8) is 0 Å². The second-order valence-corrected chi connectivity index (χ2v) is 7.38. The second-order valence-electron chi connectivity index (χ2n) is 7.38. The Hall–Kier alpha value is -0.850. The van der Waals surface area contributed by atoms with E-state index >= 15 is 0 Å². The van der Waals surface area contributed by atoms with E-state index in [1.807, 2.05) is 12.1 Å². The molecule has 1 amide bonds. The van der Waals surface area contributed by atoms with Gasteiger partial charge in [0.05, 0.1) is 0 Å². The van der Waals surface area contributed by atoms with E-state index in [2.05, 4.69) is 29.3 Å². The van der Waals surface area contributed by atoms with Crippen LogP contribution in [0.5, 0.6) is 0 Å². The van der Waals surface area contributed by atoms with Gasteiger partial charge in [0.15, 0.2) is 0 Å². The smallest absolute Gasteiger partial charge is 0.244 e. The Bertz CT molecular complexity index is 554. The van der Waals surface area contributed by atoms with Crippen LogP contribution in [0.15, 0.2) is 24.3 Å². The highest BCUT2D eigenvalue weighted by molar-refractivity contribution is 5.98. The summed E-state index contributed by atoms with van der Waals surface area (Å²) >= 11 is 0. The van der Waals surface area contributed by atoms with E-state index in [0.717, 1.165) is 18.2 Å². The van der Waals surface area contributed by atoms with Gasteiger partial charge in [-0.2, -0.15) is 0 Å². The number of rotatable bonds is 4. The Kier molecular flexibility index (Phi) is 9.34. The molecule has 5 nitrogen and oxygen atoms in total. The van der Waals surface area contributed by atoms with Crippen LogP contribution in [0, 0.1) is 5.92 Å². The molecule has 0 atom stereocenters. The van der Waals surface area contributed by atoms with Crippen LogP contribution in [-0.4, -0.2) is 42.6 Å². The lowest BCUT2D eigenvalue weighted by Gasteiger charge is -2.32. The third-order valence-electron chi connectivity index (χ3n) is 5.33. The number of carbonyl (C=O) groups is 1. The van der Waals surface area contributed by atoms with Crippen molar-refractivity contribution < 1.29 is 9.53 Å². The number of nitrogens with one attached hydrogen (secondary N) is 1. The summed E-state index contributed by atoms with van der Waals surface area (Å²) in [4.78, 5) is 14.9. The third-order valence-corrected chi connectivity index (χ3v) is 5.33. The van der Waals surface area contributed by atoms with E-state index in [-0.39, 0.29) is 30.7 Å². The van der Waals surface area contributed by atoms with Crippen LogP contribution < -0.4 is 11.1 Å². The Labute approximate surface area is 168 Å². The lowest BCUT2D eigenvalue weighted by atomic mass is 9.90. The Morgan fingerprint density at radius 1 is 1.19 bits per heavy atom. The molecular formula is C19H31Cl2N3O2. The normalized spacial score (nSPS) is 20.5. The first-order valence-corrected chi connectivity index (χ1v) is 9.04. The monoisotopic (exact) mass is 403 g/mol. The molecule has 3 N–H and O–H groups in total. The number of hydrogen-bond acceptors (Lipinski definition) is 4. The molecule has 0 aliphatic carbocycles. The maximum atomic E-state index is 12.4. The van der Waals surface area contributed by atoms with Crippen molar-refractivity contribution in [2.24, 2.45) is 11.7 Å². The van der Waals surface area contributed by atoms with Crippen LogP contribution in [0.3, 0.4) is 0 Å². The molecule has 0 spiro atoms. The Balaban J connectivity index is 0.00000169. The van der Waals surface area contributed by atoms with Crippen molar-refractivity contribution in [3.05, 3.63) is 29.8 Å². The van der Waals surface area contributed by atoms with Gasteiger partial charge in [-0.15, -0.1) is 24.8 Å². The SMILES string of the molecule is CC1CCN(Cc2ccc(NC(=O)C3(N)CCOCC3)cc2)CC1.Cl.Cl. The number of nitrogens with two attached hydrogens (primary N) is 1. The average molecular weight is 404 g/mol. The molecule has 26 heavy (non-hydrogen) atoms. The molecule has 0 unspecified atom stereocenters. The van der Waals surface area contributed by atoms with Gasteiger partial charge in [-0.1, -0.05) is 19.1 Å². The fourth-order valence-corrected chi connectivity index (χ4v) is 3.39. The molecule has 148 valence electrons. The van der Waals surface area contributed by atoms with E-state index in [1.165, 1.54) is 31.5 Å². The number of halogens is 2. The first kappa shape index (κ1) is 23.2. The molecule has 2 aliphatic heterocycles. The zero-order valence-electron chi connectivity index (χ0n) is 15.4. The minimum atomic E-state index is -0.804. The van der Waals surface area contributed by atoms with Crippen molar-refractivity contribution in [2.75, 3.05) is 31.6 Å². The second kappa shape index (κ2) is 10.5. The summed E-state index contributed by atoms with van der Waals surface area (Å²) in [7, 11) is 0. The summed E-state index contributed by atoms with van der Waals surface area (Å²) in [5, 5.41) is 2.96. The molecule has 0 radical (unpaired) electrons. The van der Waals surface area contributed by atoms with Gasteiger partial charge in [-0.3, -0.25) is 9.69 Å². The van der Waals surface area contributed by atoms with Crippen molar-refractivity contribution in [1.82, 2.24) is 4.90 Å². The number of carbonyl (C=O) groups excluding carboxylic acids is 1. The molecule has 0 bridgehead atoms. The molecule has 2 fully saturated rings. The van der Waals surface area contributed by atoms with E-state index < -0.39 is 5.54 Å². The number of hydrogen-bond donors (Lipinski definition) is 2. The summed E-state index contributed by atoms with van der Waals surface area (Å²) < 4.78 is 5.30. The van der Waals surface area contributed by atoms with Gasteiger partial charge in [-0.05, 0) is 62.4 Å². The van der Waals surface area contributed by atoms with Crippen LogP contribution in [0.25, 0.3) is 0 Å². The van der Waals surface area contributed by atoms with Crippen molar-refractivity contribution >= 4 is 36.4 Å². The van der Waals surface area contributed by atoms with Gasteiger partial charge in [0.2, 0.25) is 5.91 Å². The van der Waals surface area contributed by atoms with Gasteiger partial charge < -0.3 is 15.8 Å². The summed E-state index contributed by atoms with van der Waals surface area (Å²) in [6.07, 6.45) is 3.72. The topological polar surface area (TPSA) is 67.6 Å². The fourth-order valence-electron chi connectivity index (χ4n) is 3.39. The summed E-state index contributed by atoms with van der Waals surface area (Å²) in [5.41, 5.74) is 7.51. The molecule has 7 heteroatoms. The molecule has 3 rings (SSSR count). The molecule has 2 aliphatic rings.